The molecule has 0 aliphatic carbocycles. The van der Waals surface area contributed by atoms with Gasteiger partial charge in [0, 0.05) is 17.4 Å². The van der Waals surface area contributed by atoms with Crippen LogP contribution in [0.25, 0.3) is 11.3 Å². The van der Waals surface area contributed by atoms with Gasteiger partial charge in [-0.15, -0.1) is 22.7 Å². The van der Waals surface area contributed by atoms with E-state index in [1.54, 1.807) is 17.5 Å². The van der Waals surface area contributed by atoms with Gasteiger partial charge < -0.3 is 10.1 Å². The van der Waals surface area contributed by atoms with Crippen LogP contribution in [0, 0.1) is 0 Å². The van der Waals surface area contributed by atoms with E-state index in [0.717, 1.165) is 16.8 Å². The lowest BCUT2D eigenvalue weighted by atomic mass is 10.1. The van der Waals surface area contributed by atoms with Crippen molar-refractivity contribution in [2.75, 3.05) is 11.9 Å². The van der Waals surface area contributed by atoms with Gasteiger partial charge in [0.2, 0.25) is 0 Å². The quantitative estimate of drug-likeness (QED) is 0.339. The number of amides is 2. The summed E-state index contributed by atoms with van der Waals surface area (Å²) in [6.07, 6.45) is 0.241. The third kappa shape index (κ3) is 6.37. The topological polar surface area (TPSA) is 97.4 Å². The third-order valence-electron chi connectivity index (χ3n) is 4.78. The highest BCUT2D eigenvalue weighted by Crippen LogP contribution is 2.24. The molecule has 0 unspecified atom stereocenters. The van der Waals surface area contributed by atoms with Gasteiger partial charge in [-0.1, -0.05) is 66.7 Å². The van der Waals surface area contributed by atoms with Crippen LogP contribution in [0.4, 0.5) is 5.13 Å². The Hall–Kier alpha value is -3.82. The molecule has 172 valence electrons. The minimum Gasteiger partial charge on any atom is -0.454 e. The smallest absolute Gasteiger partial charge is 0.329 e. The van der Waals surface area contributed by atoms with Crippen molar-refractivity contribution in [3.05, 3.63) is 94.0 Å². The molecule has 2 aromatic heterocycles. The van der Waals surface area contributed by atoms with E-state index in [1.165, 1.54) is 22.7 Å². The standard InChI is InChI=1S/C25H21N3O4S2/c29-22(28-25-27-20(16-34-25)18-10-5-2-6-11-18)15-32-24(31)19(14-17-8-3-1-4-9-17)26-23(30)21-12-7-13-33-21/h1-13,16,19H,14-15H2,(H,26,30)(H,27,28,29)/t19-/m1/s1. The van der Waals surface area contributed by atoms with Gasteiger partial charge in [-0.25, -0.2) is 9.78 Å². The first kappa shape index (κ1) is 23.3. The molecule has 2 aromatic carbocycles. The van der Waals surface area contributed by atoms with Crippen molar-refractivity contribution in [3.8, 4) is 11.3 Å². The molecule has 0 saturated heterocycles. The molecule has 2 amide bonds. The number of nitrogens with one attached hydrogen (secondary N) is 2. The van der Waals surface area contributed by atoms with Gasteiger partial charge in [-0.2, -0.15) is 0 Å². The van der Waals surface area contributed by atoms with Crippen LogP contribution in [-0.2, 0) is 20.7 Å². The first-order valence-corrected chi connectivity index (χ1v) is 12.2. The summed E-state index contributed by atoms with van der Waals surface area (Å²) in [5.74, 6) is -1.56. The molecular formula is C25H21N3O4S2. The average Bonchev–Trinajstić information content (AvgIpc) is 3.56. The fraction of sp³-hybridized carbons (Fsp3) is 0.120. The Kier molecular flexibility index (Phi) is 7.79. The highest BCUT2D eigenvalue weighted by Gasteiger charge is 2.24. The zero-order valence-corrected chi connectivity index (χ0v) is 19.6. The third-order valence-corrected chi connectivity index (χ3v) is 6.41. The lowest BCUT2D eigenvalue weighted by Crippen LogP contribution is -2.43. The number of ether oxygens (including phenoxy) is 1. The number of carbonyl (C=O) groups excluding carboxylic acids is 3. The highest BCUT2D eigenvalue weighted by molar-refractivity contribution is 7.14. The Morgan fingerprint density at radius 3 is 2.35 bits per heavy atom. The van der Waals surface area contributed by atoms with E-state index in [9.17, 15) is 14.4 Å². The molecule has 4 rings (SSSR count). The maximum Gasteiger partial charge on any atom is 0.329 e. The van der Waals surface area contributed by atoms with E-state index in [4.69, 9.17) is 4.74 Å². The number of benzene rings is 2. The van der Waals surface area contributed by atoms with Crippen molar-refractivity contribution >= 4 is 45.6 Å². The minimum absolute atomic E-state index is 0.241. The van der Waals surface area contributed by atoms with Crippen LogP contribution in [0.1, 0.15) is 15.2 Å². The molecular weight excluding hydrogens is 470 g/mol. The van der Waals surface area contributed by atoms with E-state index in [1.807, 2.05) is 66.0 Å². The summed E-state index contributed by atoms with van der Waals surface area (Å²) < 4.78 is 5.23. The van der Waals surface area contributed by atoms with Crippen LogP contribution in [0.15, 0.2) is 83.6 Å². The molecule has 0 aliphatic rings. The highest BCUT2D eigenvalue weighted by atomic mass is 32.1. The largest absolute Gasteiger partial charge is 0.454 e. The van der Waals surface area contributed by atoms with Crippen molar-refractivity contribution in [3.63, 3.8) is 0 Å². The fourth-order valence-corrected chi connectivity index (χ4v) is 4.51. The molecule has 2 heterocycles. The molecule has 0 fully saturated rings. The average molecular weight is 492 g/mol. The van der Waals surface area contributed by atoms with Crippen LogP contribution in [0.3, 0.4) is 0 Å². The second kappa shape index (κ2) is 11.4. The molecule has 0 bridgehead atoms. The van der Waals surface area contributed by atoms with E-state index >= 15 is 0 Å². The number of rotatable bonds is 9. The predicted molar refractivity (Wildman–Crippen MR) is 133 cm³/mol. The summed E-state index contributed by atoms with van der Waals surface area (Å²) in [6, 6.07) is 21.4. The first-order chi connectivity index (χ1) is 16.6. The van der Waals surface area contributed by atoms with Gasteiger partial charge in [0.1, 0.15) is 6.04 Å². The number of carbonyl (C=O) groups is 3. The zero-order chi connectivity index (χ0) is 23.8. The lowest BCUT2D eigenvalue weighted by Gasteiger charge is -2.17. The minimum atomic E-state index is -0.936. The number of aromatic nitrogens is 1. The number of anilines is 1. The summed E-state index contributed by atoms with van der Waals surface area (Å²) in [6.45, 7) is -0.487. The fourth-order valence-electron chi connectivity index (χ4n) is 3.15. The Bertz CT molecular complexity index is 1240. The normalized spacial score (nSPS) is 11.4. The van der Waals surface area contributed by atoms with Crippen LogP contribution in [-0.4, -0.2) is 35.4 Å². The summed E-state index contributed by atoms with van der Waals surface area (Å²) in [4.78, 5) is 42.5. The van der Waals surface area contributed by atoms with E-state index in [-0.39, 0.29) is 12.3 Å². The molecule has 9 heteroatoms. The monoisotopic (exact) mass is 491 g/mol. The lowest BCUT2D eigenvalue weighted by molar-refractivity contribution is -0.149. The van der Waals surface area contributed by atoms with Crippen LogP contribution in [0.2, 0.25) is 0 Å². The molecule has 34 heavy (non-hydrogen) atoms. The van der Waals surface area contributed by atoms with Crippen molar-refractivity contribution in [2.24, 2.45) is 0 Å². The Morgan fingerprint density at radius 1 is 0.912 bits per heavy atom. The summed E-state index contributed by atoms with van der Waals surface area (Å²) >= 11 is 2.56. The van der Waals surface area contributed by atoms with Crippen molar-refractivity contribution in [2.45, 2.75) is 12.5 Å². The van der Waals surface area contributed by atoms with Gasteiger partial charge in [-0.3, -0.25) is 14.9 Å². The number of hydrogen-bond acceptors (Lipinski definition) is 7. The number of hydrogen-bond donors (Lipinski definition) is 2. The van der Waals surface area contributed by atoms with Gasteiger partial charge in [-0.05, 0) is 17.0 Å². The van der Waals surface area contributed by atoms with E-state index in [0.29, 0.717) is 10.0 Å². The summed E-state index contributed by atoms with van der Waals surface area (Å²) in [7, 11) is 0. The van der Waals surface area contributed by atoms with Gasteiger partial charge in [0.15, 0.2) is 11.7 Å². The molecule has 0 aliphatic heterocycles. The summed E-state index contributed by atoms with van der Waals surface area (Å²) in [5.41, 5.74) is 2.55. The number of thiazole rings is 1. The molecule has 0 radical (unpaired) electrons. The Labute approximate surface area is 204 Å². The van der Waals surface area contributed by atoms with Gasteiger partial charge in [0.25, 0.3) is 11.8 Å². The van der Waals surface area contributed by atoms with E-state index < -0.39 is 24.5 Å². The second-order valence-corrected chi connectivity index (χ2v) is 9.06. The predicted octanol–water partition coefficient (Wildman–Crippen LogP) is 4.39. The maximum absolute atomic E-state index is 12.8. The van der Waals surface area contributed by atoms with Crippen molar-refractivity contribution in [1.82, 2.24) is 10.3 Å². The summed E-state index contributed by atoms with van der Waals surface area (Å²) in [5, 5.41) is 9.39. The van der Waals surface area contributed by atoms with Gasteiger partial charge >= 0.3 is 5.97 Å². The Balaban J connectivity index is 1.35. The Morgan fingerprint density at radius 2 is 1.65 bits per heavy atom. The van der Waals surface area contributed by atoms with Crippen molar-refractivity contribution < 1.29 is 19.1 Å². The second-order valence-electron chi connectivity index (χ2n) is 7.25. The number of nitrogens with zero attached hydrogens (tertiary/aromatic N) is 1. The SMILES string of the molecule is O=C(COC(=O)[C@@H](Cc1ccccc1)NC(=O)c1cccs1)Nc1nc(-c2ccccc2)cs1. The first-order valence-electron chi connectivity index (χ1n) is 10.4. The maximum atomic E-state index is 12.8. The molecule has 0 spiro atoms. The van der Waals surface area contributed by atoms with Gasteiger partial charge in [0.05, 0.1) is 10.6 Å². The molecule has 4 aromatic rings. The number of thiophene rings is 1. The molecule has 1 atom stereocenters. The van der Waals surface area contributed by atoms with E-state index in [2.05, 4.69) is 15.6 Å². The molecule has 7 nitrogen and oxygen atoms in total. The number of esters is 1. The van der Waals surface area contributed by atoms with Crippen molar-refractivity contribution in [1.29, 1.82) is 0 Å². The van der Waals surface area contributed by atoms with Crippen LogP contribution in [0.5, 0.6) is 0 Å². The van der Waals surface area contributed by atoms with Crippen LogP contribution < -0.4 is 10.6 Å². The molecule has 0 saturated carbocycles. The molecule has 2 N–H and O–H groups in total. The zero-order valence-electron chi connectivity index (χ0n) is 18.0. The van der Waals surface area contributed by atoms with Crippen LogP contribution >= 0.6 is 22.7 Å².